The zero-order valence-electron chi connectivity index (χ0n) is 13.4. The highest BCUT2D eigenvalue weighted by Crippen LogP contribution is 2.48. The molecule has 2 aliphatic rings. The molecule has 2 bridgehead atoms. The van der Waals surface area contributed by atoms with Crippen LogP contribution in [0.3, 0.4) is 0 Å². The molecule has 0 aromatic carbocycles. The number of rotatable bonds is 7. The van der Waals surface area contributed by atoms with Gasteiger partial charge in [0.05, 0.1) is 5.75 Å². The molecule has 23 heavy (non-hydrogen) atoms. The second-order valence-electron chi connectivity index (χ2n) is 6.67. The fourth-order valence-electron chi connectivity index (χ4n) is 3.90. The van der Waals surface area contributed by atoms with Crippen LogP contribution in [0.25, 0.3) is 0 Å². The molecule has 1 heterocycles. The van der Waals surface area contributed by atoms with E-state index in [1.165, 1.54) is 19.3 Å². The van der Waals surface area contributed by atoms with Gasteiger partial charge in [0.15, 0.2) is 5.82 Å². The average Bonchev–Trinajstić information content (AvgIpc) is 3.09. The van der Waals surface area contributed by atoms with Crippen LogP contribution in [0, 0.1) is 17.8 Å². The van der Waals surface area contributed by atoms with E-state index in [0.29, 0.717) is 23.2 Å². The third-order valence-corrected chi connectivity index (χ3v) is 6.47. The lowest BCUT2D eigenvalue weighted by atomic mass is 9.90. The van der Waals surface area contributed by atoms with Crippen LogP contribution < -0.4 is 10.5 Å². The van der Waals surface area contributed by atoms with Gasteiger partial charge in [-0.25, -0.2) is 23.1 Å². The van der Waals surface area contributed by atoms with Crippen LogP contribution in [-0.2, 0) is 27.9 Å². The number of hydrogen-bond donors (Lipinski definition) is 2. The average molecular weight is 340 g/mol. The van der Waals surface area contributed by atoms with E-state index in [-0.39, 0.29) is 24.7 Å². The first-order chi connectivity index (χ1) is 11.0. The summed E-state index contributed by atoms with van der Waals surface area (Å²) in [5.74, 6) is 2.64. The van der Waals surface area contributed by atoms with Gasteiger partial charge >= 0.3 is 0 Å². The zero-order chi connectivity index (χ0) is 16.4. The number of nitrogens with one attached hydrogen (secondary N) is 1. The van der Waals surface area contributed by atoms with Crippen molar-refractivity contribution in [1.82, 2.24) is 14.7 Å². The number of anilines is 1. The van der Waals surface area contributed by atoms with E-state index in [4.69, 9.17) is 10.5 Å². The van der Waals surface area contributed by atoms with Crippen LogP contribution in [0.1, 0.15) is 37.1 Å². The van der Waals surface area contributed by atoms with Crippen molar-refractivity contribution in [2.75, 3.05) is 18.6 Å². The first kappa shape index (κ1) is 16.6. The Morgan fingerprint density at radius 3 is 2.83 bits per heavy atom. The highest BCUT2D eigenvalue weighted by molar-refractivity contribution is 7.89. The number of nitrogens with two attached hydrogens (primary N) is 1. The number of sulfonamides is 1. The molecule has 3 atom stereocenters. The van der Waals surface area contributed by atoms with Crippen LogP contribution in [0.2, 0.25) is 0 Å². The van der Waals surface area contributed by atoms with E-state index in [2.05, 4.69) is 14.7 Å². The van der Waals surface area contributed by atoms with Crippen molar-refractivity contribution in [2.24, 2.45) is 17.8 Å². The summed E-state index contributed by atoms with van der Waals surface area (Å²) < 4.78 is 32.2. The molecule has 1 aromatic heterocycles. The van der Waals surface area contributed by atoms with E-state index >= 15 is 0 Å². The van der Waals surface area contributed by atoms with Crippen LogP contribution in [0.15, 0.2) is 6.20 Å². The van der Waals surface area contributed by atoms with Gasteiger partial charge in [-0.2, -0.15) is 0 Å². The molecular formula is C15H24N4O3S. The SMILES string of the molecule is COCc1ncc(CNS(=O)(=O)CC2CC3CCC2C3)c(N)n1. The Morgan fingerprint density at radius 1 is 1.39 bits per heavy atom. The van der Waals surface area contributed by atoms with Crippen LogP contribution in [0.5, 0.6) is 0 Å². The topological polar surface area (TPSA) is 107 Å². The predicted molar refractivity (Wildman–Crippen MR) is 86.7 cm³/mol. The summed E-state index contributed by atoms with van der Waals surface area (Å²) in [6.07, 6.45) is 6.28. The first-order valence-electron chi connectivity index (χ1n) is 8.03. The maximum Gasteiger partial charge on any atom is 0.212 e. The van der Waals surface area contributed by atoms with Gasteiger partial charge in [-0.05, 0) is 37.0 Å². The fraction of sp³-hybridized carbons (Fsp3) is 0.733. The van der Waals surface area contributed by atoms with E-state index in [1.807, 2.05) is 0 Å². The summed E-state index contributed by atoms with van der Waals surface area (Å²) in [5, 5.41) is 0. The monoisotopic (exact) mass is 340 g/mol. The lowest BCUT2D eigenvalue weighted by molar-refractivity contribution is 0.178. The predicted octanol–water partition coefficient (Wildman–Crippen LogP) is 1.06. The number of ether oxygens (including phenoxy) is 1. The van der Waals surface area contributed by atoms with Gasteiger partial charge in [0.1, 0.15) is 12.4 Å². The molecule has 0 radical (unpaired) electrons. The van der Waals surface area contributed by atoms with E-state index in [1.54, 1.807) is 13.3 Å². The number of methoxy groups -OCH3 is 1. The number of nitrogens with zero attached hydrogens (tertiary/aromatic N) is 2. The fourth-order valence-corrected chi connectivity index (χ4v) is 5.37. The van der Waals surface area contributed by atoms with Gasteiger partial charge in [0.25, 0.3) is 0 Å². The summed E-state index contributed by atoms with van der Waals surface area (Å²) in [5.41, 5.74) is 6.44. The molecule has 3 rings (SSSR count). The summed E-state index contributed by atoms with van der Waals surface area (Å²) in [4.78, 5) is 8.22. The number of hydrogen-bond acceptors (Lipinski definition) is 6. The van der Waals surface area contributed by atoms with Crippen molar-refractivity contribution in [2.45, 2.75) is 38.8 Å². The molecule has 8 heteroatoms. The van der Waals surface area contributed by atoms with Crippen molar-refractivity contribution in [3.63, 3.8) is 0 Å². The van der Waals surface area contributed by atoms with Crippen LogP contribution >= 0.6 is 0 Å². The van der Waals surface area contributed by atoms with Crippen molar-refractivity contribution in [3.05, 3.63) is 17.6 Å². The molecule has 0 aliphatic heterocycles. The highest BCUT2D eigenvalue weighted by Gasteiger charge is 2.41. The van der Waals surface area contributed by atoms with Gasteiger partial charge in [0, 0.05) is 25.4 Å². The molecule has 3 unspecified atom stereocenters. The zero-order valence-corrected chi connectivity index (χ0v) is 14.2. The molecule has 0 amide bonds. The molecule has 2 saturated carbocycles. The smallest absolute Gasteiger partial charge is 0.212 e. The second-order valence-corrected chi connectivity index (χ2v) is 8.52. The van der Waals surface area contributed by atoms with E-state index in [0.717, 1.165) is 12.3 Å². The number of aromatic nitrogens is 2. The molecule has 1 aromatic rings. The minimum atomic E-state index is -3.31. The van der Waals surface area contributed by atoms with Crippen LogP contribution in [0.4, 0.5) is 5.82 Å². The molecular weight excluding hydrogens is 316 g/mol. The quantitative estimate of drug-likeness (QED) is 0.768. The third-order valence-electron chi connectivity index (χ3n) is 5.02. The van der Waals surface area contributed by atoms with Gasteiger partial charge in [-0.1, -0.05) is 6.42 Å². The Bertz CT molecular complexity index is 665. The standard InChI is InChI=1S/C15H24N4O3S/c1-22-8-14-17-6-13(15(16)19-14)7-18-23(20,21)9-12-5-10-2-3-11(12)4-10/h6,10-12,18H,2-5,7-9H2,1H3,(H2,16,17,19). The van der Waals surface area contributed by atoms with E-state index in [9.17, 15) is 8.42 Å². The summed E-state index contributed by atoms with van der Waals surface area (Å²) in [7, 11) is -1.76. The molecule has 2 aliphatic carbocycles. The Morgan fingerprint density at radius 2 is 2.22 bits per heavy atom. The van der Waals surface area contributed by atoms with Gasteiger partial charge in [-0.15, -0.1) is 0 Å². The number of fused-ring (bicyclic) bond motifs is 2. The summed E-state index contributed by atoms with van der Waals surface area (Å²) >= 11 is 0. The summed E-state index contributed by atoms with van der Waals surface area (Å²) in [6, 6.07) is 0. The Balaban J connectivity index is 1.56. The minimum Gasteiger partial charge on any atom is -0.383 e. The molecule has 0 saturated heterocycles. The Kier molecular flexibility index (Phi) is 4.84. The molecule has 0 spiro atoms. The minimum absolute atomic E-state index is 0.127. The molecule has 2 fully saturated rings. The highest BCUT2D eigenvalue weighted by atomic mass is 32.2. The normalized spacial score (nSPS) is 26.7. The summed E-state index contributed by atoms with van der Waals surface area (Å²) in [6.45, 7) is 0.405. The van der Waals surface area contributed by atoms with Crippen molar-refractivity contribution in [3.8, 4) is 0 Å². The third kappa shape index (κ3) is 3.99. The van der Waals surface area contributed by atoms with Gasteiger partial charge in [-0.3, -0.25) is 0 Å². The maximum atomic E-state index is 12.3. The van der Waals surface area contributed by atoms with Crippen LogP contribution in [-0.4, -0.2) is 31.2 Å². The largest absolute Gasteiger partial charge is 0.383 e. The van der Waals surface area contributed by atoms with Gasteiger partial charge < -0.3 is 10.5 Å². The Hall–Kier alpha value is -1.25. The van der Waals surface area contributed by atoms with E-state index < -0.39 is 10.0 Å². The Labute approximate surface area is 137 Å². The van der Waals surface area contributed by atoms with Crippen molar-refractivity contribution < 1.29 is 13.2 Å². The maximum absolute atomic E-state index is 12.3. The first-order valence-corrected chi connectivity index (χ1v) is 9.68. The second kappa shape index (κ2) is 6.70. The lowest BCUT2D eigenvalue weighted by Gasteiger charge is -2.21. The van der Waals surface area contributed by atoms with Gasteiger partial charge in [0.2, 0.25) is 10.0 Å². The molecule has 3 N–H and O–H groups in total. The number of nitrogen functional groups attached to an aromatic ring is 1. The lowest BCUT2D eigenvalue weighted by Crippen LogP contribution is -2.31. The molecule has 7 nitrogen and oxygen atoms in total. The van der Waals surface area contributed by atoms with Crippen molar-refractivity contribution in [1.29, 1.82) is 0 Å². The molecule has 128 valence electrons. The van der Waals surface area contributed by atoms with Crippen molar-refractivity contribution >= 4 is 15.8 Å².